The molecule has 0 saturated carbocycles. The van der Waals surface area contributed by atoms with E-state index in [1.807, 2.05) is 22.6 Å². The summed E-state index contributed by atoms with van der Waals surface area (Å²) >= 11 is 1.91. The lowest BCUT2D eigenvalue weighted by Gasteiger charge is -2.16. The molecule has 19 heavy (non-hydrogen) atoms. The number of nitrogens with one attached hydrogen (secondary N) is 1. The average Bonchev–Trinajstić information content (AvgIpc) is 2.67. The van der Waals surface area contributed by atoms with Crippen molar-refractivity contribution in [3.8, 4) is 0 Å². The number of nitrogens with zero attached hydrogens (tertiary/aromatic N) is 1. The highest BCUT2D eigenvalue weighted by atomic mass is 127. The standard InChI is InChI=1S/C11H13IN2O5/c1-6(12)18-5-8-7(15)4-10(19-8)14-3-2-9(16)13-11(14)17/h2-3,7-8,10,15H,1,4-5H2,(H,13,16,17)/t7-,8+,10+/m0/s1. The molecule has 104 valence electrons. The summed E-state index contributed by atoms with van der Waals surface area (Å²) in [6.07, 6.45) is -0.280. The molecule has 0 amide bonds. The largest absolute Gasteiger partial charge is 0.486 e. The van der Waals surface area contributed by atoms with E-state index in [-0.39, 0.29) is 13.0 Å². The van der Waals surface area contributed by atoms with Crippen molar-refractivity contribution in [3.63, 3.8) is 0 Å². The molecule has 0 aromatic carbocycles. The van der Waals surface area contributed by atoms with Gasteiger partial charge in [0.05, 0.1) is 6.10 Å². The lowest BCUT2D eigenvalue weighted by molar-refractivity contribution is -0.0489. The molecule has 2 N–H and O–H groups in total. The lowest BCUT2D eigenvalue weighted by atomic mass is 10.2. The Hall–Kier alpha value is -1.13. The smallest absolute Gasteiger partial charge is 0.330 e. The molecule has 1 aliphatic heterocycles. The first-order valence-electron chi connectivity index (χ1n) is 5.59. The van der Waals surface area contributed by atoms with Gasteiger partial charge >= 0.3 is 5.69 Å². The molecule has 1 aromatic heterocycles. The van der Waals surface area contributed by atoms with Crippen molar-refractivity contribution in [2.24, 2.45) is 0 Å². The summed E-state index contributed by atoms with van der Waals surface area (Å²) < 4.78 is 12.5. The molecule has 0 radical (unpaired) electrons. The van der Waals surface area contributed by atoms with Crippen LogP contribution in [0.4, 0.5) is 0 Å². The minimum absolute atomic E-state index is 0.164. The molecule has 0 spiro atoms. The number of hydrogen-bond donors (Lipinski definition) is 2. The van der Waals surface area contributed by atoms with E-state index in [0.29, 0.717) is 3.77 Å². The fourth-order valence-corrected chi connectivity index (χ4v) is 2.04. The third-order valence-corrected chi connectivity index (χ3v) is 3.08. The van der Waals surface area contributed by atoms with Crippen molar-refractivity contribution >= 4 is 22.6 Å². The van der Waals surface area contributed by atoms with Crippen LogP contribution in [-0.2, 0) is 9.47 Å². The van der Waals surface area contributed by atoms with E-state index in [9.17, 15) is 14.7 Å². The van der Waals surface area contributed by atoms with Gasteiger partial charge in [0.15, 0.2) is 0 Å². The van der Waals surface area contributed by atoms with Crippen molar-refractivity contribution in [2.45, 2.75) is 24.9 Å². The molecule has 8 heteroatoms. The zero-order chi connectivity index (χ0) is 14.0. The van der Waals surface area contributed by atoms with Gasteiger partial charge in [0.25, 0.3) is 5.56 Å². The fourth-order valence-electron chi connectivity index (χ4n) is 1.86. The quantitative estimate of drug-likeness (QED) is 0.571. The van der Waals surface area contributed by atoms with Crippen LogP contribution in [-0.4, -0.2) is 33.5 Å². The fraction of sp³-hybridized carbons (Fsp3) is 0.455. The molecule has 0 aliphatic carbocycles. The monoisotopic (exact) mass is 380 g/mol. The third kappa shape index (κ3) is 3.45. The highest BCUT2D eigenvalue weighted by Crippen LogP contribution is 2.28. The molecular weight excluding hydrogens is 367 g/mol. The summed E-state index contributed by atoms with van der Waals surface area (Å²) in [5, 5.41) is 9.85. The van der Waals surface area contributed by atoms with Crippen molar-refractivity contribution in [3.05, 3.63) is 43.4 Å². The Morgan fingerprint density at radius 1 is 1.68 bits per heavy atom. The van der Waals surface area contributed by atoms with Gasteiger partial charge in [-0.1, -0.05) is 6.58 Å². The Labute approximate surface area is 122 Å². The predicted molar refractivity (Wildman–Crippen MR) is 75.0 cm³/mol. The van der Waals surface area contributed by atoms with Crippen LogP contribution < -0.4 is 11.2 Å². The number of aliphatic hydroxyl groups is 1. The summed E-state index contributed by atoms with van der Waals surface area (Å²) in [7, 11) is 0. The normalized spacial score (nSPS) is 26.3. The van der Waals surface area contributed by atoms with E-state index < -0.39 is 29.7 Å². The molecule has 1 saturated heterocycles. The highest BCUT2D eigenvalue weighted by Gasteiger charge is 2.35. The SMILES string of the molecule is C=C(I)OC[C@H]1O[C@@H](n2ccc(=O)[nH]c2=O)C[C@@H]1O. The number of halogens is 1. The molecule has 7 nitrogen and oxygen atoms in total. The van der Waals surface area contributed by atoms with Crippen LogP contribution in [0.15, 0.2) is 32.2 Å². The molecule has 1 aliphatic rings. The molecule has 3 atom stereocenters. The first-order valence-corrected chi connectivity index (χ1v) is 6.67. The number of H-pyrrole nitrogens is 1. The number of rotatable bonds is 4. The van der Waals surface area contributed by atoms with Crippen LogP contribution >= 0.6 is 22.6 Å². The van der Waals surface area contributed by atoms with E-state index in [1.54, 1.807) is 0 Å². The molecule has 1 fully saturated rings. The van der Waals surface area contributed by atoms with E-state index >= 15 is 0 Å². The first kappa shape index (κ1) is 14.3. The summed E-state index contributed by atoms with van der Waals surface area (Å²) in [6.45, 7) is 3.74. The lowest BCUT2D eigenvalue weighted by Crippen LogP contribution is -2.31. The topological polar surface area (TPSA) is 93.5 Å². The van der Waals surface area contributed by atoms with E-state index in [0.717, 1.165) is 0 Å². The highest BCUT2D eigenvalue weighted by molar-refractivity contribution is 14.1. The minimum atomic E-state index is -0.737. The van der Waals surface area contributed by atoms with Gasteiger partial charge in [-0.15, -0.1) is 0 Å². The summed E-state index contributed by atoms with van der Waals surface area (Å²) in [5.41, 5.74) is -1.04. The second-order valence-electron chi connectivity index (χ2n) is 4.12. The van der Waals surface area contributed by atoms with Crippen LogP contribution in [0.1, 0.15) is 12.6 Å². The second kappa shape index (κ2) is 5.88. The van der Waals surface area contributed by atoms with Gasteiger partial charge in [0.1, 0.15) is 22.7 Å². The number of aromatic nitrogens is 2. The zero-order valence-corrected chi connectivity index (χ0v) is 12.1. The van der Waals surface area contributed by atoms with Crippen LogP contribution in [0.2, 0.25) is 0 Å². The zero-order valence-electron chi connectivity index (χ0n) is 9.91. The number of ether oxygens (including phenoxy) is 2. The number of aliphatic hydroxyl groups excluding tert-OH is 1. The molecule has 0 unspecified atom stereocenters. The maximum Gasteiger partial charge on any atom is 0.330 e. The summed E-state index contributed by atoms with van der Waals surface area (Å²) in [6, 6.07) is 1.23. The Kier molecular flexibility index (Phi) is 4.42. The van der Waals surface area contributed by atoms with Gasteiger partial charge < -0.3 is 14.6 Å². The maximum absolute atomic E-state index is 11.6. The van der Waals surface area contributed by atoms with Crippen LogP contribution in [0.25, 0.3) is 0 Å². The Morgan fingerprint density at radius 2 is 2.42 bits per heavy atom. The van der Waals surface area contributed by atoms with Gasteiger partial charge in [0.2, 0.25) is 0 Å². The van der Waals surface area contributed by atoms with Crippen molar-refractivity contribution < 1.29 is 14.6 Å². The maximum atomic E-state index is 11.6. The van der Waals surface area contributed by atoms with Crippen LogP contribution in [0.3, 0.4) is 0 Å². The predicted octanol–water partition coefficient (Wildman–Crippen LogP) is 0.108. The summed E-state index contributed by atoms with van der Waals surface area (Å²) in [4.78, 5) is 24.7. The molecule has 1 aromatic rings. The summed E-state index contributed by atoms with van der Waals surface area (Å²) in [5.74, 6) is 0. The van der Waals surface area contributed by atoms with Crippen molar-refractivity contribution in [1.82, 2.24) is 9.55 Å². The molecule has 0 bridgehead atoms. The van der Waals surface area contributed by atoms with E-state index in [4.69, 9.17) is 9.47 Å². The molecule has 2 rings (SSSR count). The minimum Gasteiger partial charge on any atom is -0.486 e. The molecular formula is C11H13IN2O5. The van der Waals surface area contributed by atoms with Gasteiger partial charge in [-0.05, 0) is 22.6 Å². The number of hydrogen-bond acceptors (Lipinski definition) is 5. The van der Waals surface area contributed by atoms with Gasteiger partial charge in [0, 0.05) is 18.7 Å². The van der Waals surface area contributed by atoms with E-state index in [1.165, 1.54) is 16.8 Å². The van der Waals surface area contributed by atoms with Crippen molar-refractivity contribution in [1.29, 1.82) is 0 Å². The van der Waals surface area contributed by atoms with Gasteiger partial charge in [-0.25, -0.2) is 4.79 Å². The Morgan fingerprint density at radius 3 is 3.05 bits per heavy atom. The first-order chi connectivity index (χ1) is 8.97. The van der Waals surface area contributed by atoms with Gasteiger partial charge in [-0.3, -0.25) is 14.3 Å². The second-order valence-corrected chi connectivity index (χ2v) is 5.32. The number of aromatic amines is 1. The van der Waals surface area contributed by atoms with Crippen LogP contribution in [0, 0.1) is 0 Å². The van der Waals surface area contributed by atoms with E-state index in [2.05, 4.69) is 11.6 Å². The van der Waals surface area contributed by atoms with Crippen LogP contribution in [0.5, 0.6) is 0 Å². The Balaban J connectivity index is 2.09. The molecule has 2 heterocycles. The Bertz CT molecular complexity index is 581. The third-order valence-electron chi connectivity index (χ3n) is 2.77. The average molecular weight is 380 g/mol. The van der Waals surface area contributed by atoms with Crippen molar-refractivity contribution in [2.75, 3.05) is 6.61 Å². The van der Waals surface area contributed by atoms with Gasteiger partial charge in [-0.2, -0.15) is 0 Å².